The number of aromatic hydroxyl groups is 1. The van der Waals surface area contributed by atoms with Crippen LogP contribution in [0.1, 0.15) is 23.6 Å². The van der Waals surface area contributed by atoms with Gasteiger partial charge in [0.2, 0.25) is 0 Å². The summed E-state index contributed by atoms with van der Waals surface area (Å²) in [4.78, 5) is 2.32. The molecular weight excluding hydrogens is 267 g/mol. The predicted octanol–water partition coefficient (Wildman–Crippen LogP) is 2.43. The molecule has 2 N–H and O–H groups in total. The molecule has 1 aromatic carbocycles. The summed E-state index contributed by atoms with van der Waals surface area (Å²) in [5, 5.41) is 12.9. The first kappa shape index (κ1) is 16.2. The van der Waals surface area contributed by atoms with E-state index in [4.69, 9.17) is 0 Å². The zero-order chi connectivity index (χ0) is 13.0. The first-order valence-electron chi connectivity index (χ1n) is 6.52. The Balaban J connectivity index is 0.00000180. The monoisotopic (exact) mass is 288 g/mol. The van der Waals surface area contributed by atoms with Crippen LogP contribution >= 0.6 is 12.4 Å². The van der Waals surface area contributed by atoms with E-state index in [1.165, 1.54) is 0 Å². The Morgan fingerprint density at radius 3 is 2.63 bits per heavy atom. The van der Waals surface area contributed by atoms with Crippen LogP contribution in [0, 0.1) is 6.92 Å². The SMILES string of the molecule is Cc1cc([C@H](CCF)N2CCNCC2)ccc1O.Cl. The summed E-state index contributed by atoms with van der Waals surface area (Å²) in [5.74, 6) is 0.304. The van der Waals surface area contributed by atoms with Gasteiger partial charge in [0.05, 0.1) is 6.67 Å². The molecule has 0 radical (unpaired) electrons. The van der Waals surface area contributed by atoms with Crippen LogP contribution in [0.5, 0.6) is 5.75 Å². The molecule has 0 amide bonds. The molecule has 1 aliphatic heterocycles. The number of benzene rings is 1. The van der Waals surface area contributed by atoms with E-state index in [0.29, 0.717) is 12.2 Å². The average Bonchev–Trinajstić information content (AvgIpc) is 2.40. The predicted molar refractivity (Wildman–Crippen MR) is 77.9 cm³/mol. The molecule has 1 fully saturated rings. The summed E-state index contributed by atoms with van der Waals surface area (Å²) in [7, 11) is 0. The Bertz CT molecular complexity index is 397. The highest BCUT2D eigenvalue weighted by Gasteiger charge is 2.22. The smallest absolute Gasteiger partial charge is 0.118 e. The number of hydrogen-bond acceptors (Lipinski definition) is 3. The molecule has 1 aromatic rings. The van der Waals surface area contributed by atoms with Gasteiger partial charge >= 0.3 is 0 Å². The molecule has 3 nitrogen and oxygen atoms in total. The van der Waals surface area contributed by atoms with Crippen LogP contribution in [0.25, 0.3) is 0 Å². The second-order valence-corrected chi connectivity index (χ2v) is 4.83. The lowest BCUT2D eigenvalue weighted by Gasteiger charge is -2.35. The molecule has 0 spiro atoms. The van der Waals surface area contributed by atoms with Gasteiger partial charge in [0, 0.05) is 32.2 Å². The van der Waals surface area contributed by atoms with Gasteiger partial charge < -0.3 is 10.4 Å². The highest BCUT2D eigenvalue weighted by Crippen LogP contribution is 2.28. The van der Waals surface area contributed by atoms with Crippen molar-refractivity contribution in [2.24, 2.45) is 0 Å². The van der Waals surface area contributed by atoms with Crippen LogP contribution in [-0.2, 0) is 0 Å². The molecule has 108 valence electrons. The molecule has 0 bridgehead atoms. The maximum Gasteiger partial charge on any atom is 0.118 e. The average molecular weight is 289 g/mol. The number of aryl methyl sites for hydroxylation is 1. The van der Waals surface area contributed by atoms with Crippen molar-refractivity contribution in [3.8, 4) is 5.75 Å². The van der Waals surface area contributed by atoms with Gasteiger partial charge in [0.1, 0.15) is 5.75 Å². The first-order valence-corrected chi connectivity index (χ1v) is 6.52. The molecule has 0 saturated carbocycles. The maximum absolute atomic E-state index is 12.8. The van der Waals surface area contributed by atoms with Crippen molar-refractivity contribution in [2.75, 3.05) is 32.9 Å². The second-order valence-electron chi connectivity index (χ2n) is 4.83. The molecular formula is C14H22ClFN2O. The Kier molecular flexibility index (Phi) is 6.55. The minimum absolute atomic E-state index is 0. The standard InChI is InChI=1S/C14H21FN2O.ClH/c1-11-10-12(2-3-14(11)18)13(4-5-15)17-8-6-16-7-9-17;/h2-3,10,13,16,18H,4-9H2,1H3;1H/t13-;/m0./s1. The largest absolute Gasteiger partial charge is 0.508 e. The molecule has 1 saturated heterocycles. The van der Waals surface area contributed by atoms with Gasteiger partial charge in [-0.15, -0.1) is 12.4 Å². The molecule has 0 aromatic heterocycles. The van der Waals surface area contributed by atoms with Crippen LogP contribution in [0.3, 0.4) is 0 Å². The van der Waals surface area contributed by atoms with Gasteiger partial charge in [-0.25, -0.2) is 0 Å². The maximum atomic E-state index is 12.8. The number of nitrogens with one attached hydrogen (secondary N) is 1. The molecule has 2 rings (SSSR count). The number of nitrogens with zero attached hydrogens (tertiary/aromatic N) is 1. The fourth-order valence-corrected chi connectivity index (χ4v) is 2.54. The van der Waals surface area contributed by atoms with E-state index in [9.17, 15) is 9.50 Å². The number of halogens is 2. The van der Waals surface area contributed by atoms with Crippen molar-refractivity contribution in [2.45, 2.75) is 19.4 Å². The zero-order valence-corrected chi connectivity index (χ0v) is 12.0. The number of alkyl halides is 1. The van der Waals surface area contributed by atoms with Crippen LogP contribution in [0.15, 0.2) is 18.2 Å². The van der Waals surface area contributed by atoms with Crippen molar-refractivity contribution >= 4 is 12.4 Å². The van der Waals surface area contributed by atoms with Gasteiger partial charge in [-0.3, -0.25) is 9.29 Å². The van der Waals surface area contributed by atoms with Crippen LogP contribution in [-0.4, -0.2) is 42.9 Å². The number of phenols is 1. The highest BCUT2D eigenvalue weighted by atomic mass is 35.5. The number of phenolic OH excluding ortho intramolecular Hbond substituents is 1. The lowest BCUT2D eigenvalue weighted by Crippen LogP contribution is -2.45. The summed E-state index contributed by atoms with van der Waals surface area (Å²) in [6.45, 7) is 5.38. The molecule has 0 aliphatic carbocycles. The summed E-state index contributed by atoms with van der Waals surface area (Å²) < 4.78 is 12.8. The minimum atomic E-state index is -0.311. The van der Waals surface area contributed by atoms with Crippen molar-refractivity contribution < 1.29 is 9.50 Å². The van der Waals surface area contributed by atoms with E-state index >= 15 is 0 Å². The van der Waals surface area contributed by atoms with E-state index in [-0.39, 0.29) is 25.1 Å². The second kappa shape index (κ2) is 7.68. The molecule has 19 heavy (non-hydrogen) atoms. The lowest BCUT2D eigenvalue weighted by atomic mass is 9.99. The number of piperazine rings is 1. The Morgan fingerprint density at radius 1 is 1.37 bits per heavy atom. The number of hydrogen-bond donors (Lipinski definition) is 2. The quantitative estimate of drug-likeness (QED) is 0.893. The van der Waals surface area contributed by atoms with E-state index < -0.39 is 0 Å². The van der Waals surface area contributed by atoms with Gasteiger partial charge in [-0.05, 0) is 30.5 Å². The van der Waals surface area contributed by atoms with Gasteiger partial charge in [-0.2, -0.15) is 0 Å². The summed E-state index contributed by atoms with van der Waals surface area (Å²) in [5.41, 5.74) is 1.95. The molecule has 1 atom stereocenters. The molecule has 1 heterocycles. The summed E-state index contributed by atoms with van der Waals surface area (Å²) >= 11 is 0. The third-order valence-corrected chi connectivity index (χ3v) is 3.58. The van der Waals surface area contributed by atoms with E-state index in [0.717, 1.165) is 37.3 Å². The summed E-state index contributed by atoms with van der Waals surface area (Å²) in [6.07, 6.45) is 0.518. The molecule has 1 aliphatic rings. The van der Waals surface area contributed by atoms with Crippen molar-refractivity contribution in [3.05, 3.63) is 29.3 Å². The van der Waals surface area contributed by atoms with E-state index in [1.54, 1.807) is 6.07 Å². The minimum Gasteiger partial charge on any atom is -0.508 e. The zero-order valence-electron chi connectivity index (χ0n) is 11.2. The van der Waals surface area contributed by atoms with E-state index in [2.05, 4.69) is 10.2 Å². The first-order chi connectivity index (χ1) is 8.72. The fourth-order valence-electron chi connectivity index (χ4n) is 2.54. The fraction of sp³-hybridized carbons (Fsp3) is 0.571. The van der Waals surface area contributed by atoms with Crippen LogP contribution in [0.4, 0.5) is 4.39 Å². The van der Waals surface area contributed by atoms with Gasteiger partial charge in [0.25, 0.3) is 0 Å². The topological polar surface area (TPSA) is 35.5 Å². The Hall–Kier alpha value is -0.840. The molecule has 5 heteroatoms. The summed E-state index contributed by atoms with van der Waals surface area (Å²) in [6, 6.07) is 5.71. The van der Waals surface area contributed by atoms with E-state index in [1.807, 2.05) is 19.1 Å². The Morgan fingerprint density at radius 2 is 2.05 bits per heavy atom. The third kappa shape index (κ3) is 4.06. The lowest BCUT2D eigenvalue weighted by molar-refractivity contribution is 0.157. The van der Waals surface area contributed by atoms with Crippen LogP contribution < -0.4 is 5.32 Å². The Labute approximate surface area is 120 Å². The third-order valence-electron chi connectivity index (χ3n) is 3.58. The normalized spacial score (nSPS) is 17.8. The van der Waals surface area contributed by atoms with Crippen molar-refractivity contribution in [1.82, 2.24) is 10.2 Å². The number of rotatable bonds is 4. The highest BCUT2D eigenvalue weighted by molar-refractivity contribution is 5.85. The van der Waals surface area contributed by atoms with Crippen molar-refractivity contribution in [3.63, 3.8) is 0 Å². The van der Waals surface area contributed by atoms with Gasteiger partial charge in [0.15, 0.2) is 0 Å². The van der Waals surface area contributed by atoms with Crippen molar-refractivity contribution in [1.29, 1.82) is 0 Å². The van der Waals surface area contributed by atoms with Gasteiger partial charge in [-0.1, -0.05) is 12.1 Å². The van der Waals surface area contributed by atoms with Crippen LogP contribution in [0.2, 0.25) is 0 Å². The molecule has 0 unspecified atom stereocenters.